The Labute approximate surface area is 167 Å². The van der Waals surface area contributed by atoms with Crippen molar-refractivity contribution in [3.63, 3.8) is 0 Å². The maximum atomic E-state index is 12.6. The molecule has 2 rings (SSSR count). The van der Waals surface area contributed by atoms with Crippen LogP contribution in [0, 0.1) is 0 Å². The van der Waals surface area contributed by atoms with Gasteiger partial charge >= 0.3 is 0 Å². The molecule has 2 N–H and O–H groups in total. The van der Waals surface area contributed by atoms with E-state index in [2.05, 4.69) is 17.6 Å². The zero-order valence-corrected chi connectivity index (χ0v) is 17.2. The predicted molar refractivity (Wildman–Crippen MR) is 113 cm³/mol. The fraction of sp³-hybridized carbons (Fsp3) is 0.391. The molecule has 2 aromatic carbocycles. The SMILES string of the molecule is CCCCCOc1ccc(C(=O)Nc2ccccc2C(=O)NC(C)(C)C)cc1. The second-order valence-electron chi connectivity index (χ2n) is 7.78. The number of hydrogen-bond donors (Lipinski definition) is 2. The summed E-state index contributed by atoms with van der Waals surface area (Å²) in [6.45, 7) is 8.57. The van der Waals surface area contributed by atoms with Crippen LogP contribution < -0.4 is 15.4 Å². The third-order valence-corrected chi connectivity index (χ3v) is 4.04. The van der Waals surface area contributed by atoms with Crippen molar-refractivity contribution in [1.29, 1.82) is 0 Å². The van der Waals surface area contributed by atoms with Gasteiger partial charge in [-0.05, 0) is 63.6 Å². The lowest BCUT2D eigenvalue weighted by molar-refractivity contribution is 0.0920. The van der Waals surface area contributed by atoms with Gasteiger partial charge in [0.1, 0.15) is 5.75 Å². The minimum absolute atomic E-state index is 0.223. The summed E-state index contributed by atoms with van der Waals surface area (Å²) in [5, 5.41) is 5.75. The van der Waals surface area contributed by atoms with Crippen LogP contribution in [0.4, 0.5) is 5.69 Å². The molecule has 2 aromatic rings. The highest BCUT2D eigenvalue weighted by Gasteiger charge is 2.19. The maximum Gasteiger partial charge on any atom is 0.255 e. The van der Waals surface area contributed by atoms with Crippen LogP contribution in [0.5, 0.6) is 5.75 Å². The molecule has 0 bridgehead atoms. The Morgan fingerprint density at radius 1 is 0.929 bits per heavy atom. The number of anilines is 1. The smallest absolute Gasteiger partial charge is 0.255 e. The Kier molecular flexibility index (Phi) is 7.61. The molecule has 5 heteroatoms. The van der Waals surface area contributed by atoms with E-state index >= 15 is 0 Å². The number of rotatable bonds is 8. The summed E-state index contributed by atoms with van der Waals surface area (Å²) in [7, 11) is 0. The van der Waals surface area contributed by atoms with Gasteiger partial charge < -0.3 is 15.4 Å². The number of unbranched alkanes of at least 4 members (excludes halogenated alkanes) is 2. The number of nitrogens with one attached hydrogen (secondary N) is 2. The Hall–Kier alpha value is -2.82. The average molecular weight is 383 g/mol. The van der Waals surface area contributed by atoms with Gasteiger partial charge in [0.2, 0.25) is 0 Å². The topological polar surface area (TPSA) is 67.4 Å². The minimum Gasteiger partial charge on any atom is -0.494 e. The van der Waals surface area contributed by atoms with Crippen molar-refractivity contribution in [1.82, 2.24) is 5.32 Å². The molecule has 0 heterocycles. The molecule has 0 aliphatic heterocycles. The summed E-state index contributed by atoms with van der Waals surface area (Å²) >= 11 is 0. The molecule has 0 aliphatic carbocycles. The Bertz CT molecular complexity index is 792. The van der Waals surface area contributed by atoms with Crippen molar-refractivity contribution in [2.45, 2.75) is 52.5 Å². The van der Waals surface area contributed by atoms with Gasteiger partial charge in [0, 0.05) is 11.1 Å². The zero-order chi connectivity index (χ0) is 20.6. The van der Waals surface area contributed by atoms with Crippen LogP contribution in [0.2, 0.25) is 0 Å². The number of para-hydroxylation sites is 1. The van der Waals surface area contributed by atoms with E-state index in [1.807, 2.05) is 20.8 Å². The minimum atomic E-state index is -0.360. The van der Waals surface area contributed by atoms with E-state index in [4.69, 9.17) is 4.74 Å². The first kappa shape index (κ1) is 21.5. The molecule has 0 unspecified atom stereocenters. The third-order valence-electron chi connectivity index (χ3n) is 4.04. The lowest BCUT2D eigenvalue weighted by atomic mass is 10.1. The highest BCUT2D eigenvalue weighted by molar-refractivity contribution is 6.09. The first-order chi connectivity index (χ1) is 13.3. The highest BCUT2D eigenvalue weighted by Crippen LogP contribution is 2.19. The third kappa shape index (κ3) is 6.72. The second-order valence-corrected chi connectivity index (χ2v) is 7.78. The number of benzene rings is 2. The van der Waals surface area contributed by atoms with Gasteiger partial charge in [0.05, 0.1) is 17.9 Å². The number of amides is 2. The van der Waals surface area contributed by atoms with E-state index in [0.717, 1.165) is 25.0 Å². The van der Waals surface area contributed by atoms with E-state index in [0.29, 0.717) is 23.4 Å². The number of ether oxygens (including phenoxy) is 1. The van der Waals surface area contributed by atoms with Gasteiger partial charge in [-0.3, -0.25) is 9.59 Å². The summed E-state index contributed by atoms with van der Waals surface area (Å²) in [4.78, 5) is 25.1. The maximum absolute atomic E-state index is 12.6. The second kappa shape index (κ2) is 9.93. The van der Waals surface area contributed by atoms with Crippen LogP contribution in [0.1, 0.15) is 67.7 Å². The van der Waals surface area contributed by atoms with Crippen molar-refractivity contribution in [3.05, 3.63) is 59.7 Å². The van der Waals surface area contributed by atoms with Gasteiger partial charge in [0.15, 0.2) is 0 Å². The van der Waals surface area contributed by atoms with Crippen LogP contribution in [-0.4, -0.2) is 24.0 Å². The van der Waals surface area contributed by atoms with Crippen molar-refractivity contribution in [3.8, 4) is 5.75 Å². The largest absolute Gasteiger partial charge is 0.494 e. The molecule has 0 saturated carbocycles. The van der Waals surface area contributed by atoms with E-state index in [1.165, 1.54) is 0 Å². The van der Waals surface area contributed by atoms with Crippen LogP contribution in [0.15, 0.2) is 48.5 Å². The summed E-state index contributed by atoms with van der Waals surface area (Å²) in [5.41, 5.74) is 1.06. The molecule has 28 heavy (non-hydrogen) atoms. The van der Waals surface area contributed by atoms with Crippen molar-refractivity contribution >= 4 is 17.5 Å². The normalized spacial score (nSPS) is 11.0. The fourth-order valence-corrected chi connectivity index (χ4v) is 2.64. The molecule has 0 atom stereocenters. The van der Waals surface area contributed by atoms with Gasteiger partial charge in [-0.25, -0.2) is 0 Å². The molecule has 0 radical (unpaired) electrons. The summed E-state index contributed by atoms with van der Waals surface area (Å²) in [6.07, 6.45) is 3.31. The van der Waals surface area contributed by atoms with Crippen LogP contribution >= 0.6 is 0 Å². The van der Waals surface area contributed by atoms with Crippen molar-refractivity contribution in [2.24, 2.45) is 0 Å². The number of carbonyl (C=O) groups excluding carboxylic acids is 2. The number of carbonyl (C=O) groups is 2. The molecule has 5 nitrogen and oxygen atoms in total. The predicted octanol–water partition coefficient (Wildman–Crippen LogP) is 5.04. The summed E-state index contributed by atoms with van der Waals surface area (Å²) in [5.74, 6) is 0.255. The van der Waals surface area contributed by atoms with Gasteiger partial charge in [0.25, 0.3) is 11.8 Å². The zero-order valence-electron chi connectivity index (χ0n) is 17.2. The van der Waals surface area contributed by atoms with Gasteiger partial charge in [-0.2, -0.15) is 0 Å². The molecular formula is C23H30N2O3. The van der Waals surface area contributed by atoms with Gasteiger partial charge in [-0.15, -0.1) is 0 Å². The van der Waals surface area contributed by atoms with E-state index < -0.39 is 0 Å². The fourth-order valence-electron chi connectivity index (χ4n) is 2.64. The van der Waals surface area contributed by atoms with Gasteiger partial charge in [-0.1, -0.05) is 31.9 Å². The van der Waals surface area contributed by atoms with Crippen molar-refractivity contribution in [2.75, 3.05) is 11.9 Å². The molecule has 0 saturated heterocycles. The summed E-state index contributed by atoms with van der Waals surface area (Å²) in [6, 6.07) is 14.0. The van der Waals surface area contributed by atoms with Crippen LogP contribution in [0.25, 0.3) is 0 Å². The highest BCUT2D eigenvalue weighted by atomic mass is 16.5. The Morgan fingerprint density at radius 2 is 1.61 bits per heavy atom. The molecular weight excluding hydrogens is 352 g/mol. The summed E-state index contributed by atoms with van der Waals surface area (Å²) < 4.78 is 5.67. The Morgan fingerprint density at radius 3 is 2.25 bits per heavy atom. The molecule has 0 aliphatic rings. The Balaban J connectivity index is 2.04. The molecule has 150 valence electrons. The molecule has 2 amide bonds. The van der Waals surface area contributed by atoms with E-state index in [-0.39, 0.29) is 17.4 Å². The molecule has 0 spiro atoms. The van der Waals surface area contributed by atoms with E-state index in [1.54, 1.807) is 48.5 Å². The number of hydrogen-bond acceptors (Lipinski definition) is 3. The lowest BCUT2D eigenvalue weighted by Crippen LogP contribution is -2.40. The van der Waals surface area contributed by atoms with E-state index in [9.17, 15) is 9.59 Å². The quantitative estimate of drug-likeness (QED) is 0.629. The lowest BCUT2D eigenvalue weighted by Gasteiger charge is -2.21. The molecule has 0 fully saturated rings. The first-order valence-electron chi connectivity index (χ1n) is 9.76. The van der Waals surface area contributed by atoms with Crippen LogP contribution in [-0.2, 0) is 0 Å². The average Bonchev–Trinajstić information content (AvgIpc) is 2.65. The standard InChI is InChI=1S/C23H30N2O3/c1-5-6-9-16-28-18-14-12-17(13-15-18)21(26)24-20-11-8-7-10-19(20)22(27)25-23(2,3)4/h7-8,10-15H,5-6,9,16H2,1-4H3,(H,24,26)(H,25,27). The monoisotopic (exact) mass is 382 g/mol. The first-order valence-corrected chi connectivity index (χ1v) is 9.76. The van der Waals surface area contributed by atoms with Crippen molar-refractivity contribution < 1.29 is 14.3 Å². The van der Waals surface area contributed by atoms with Crippen LogP contribution in [0.3, 0.4) is 0 Å². The molecule has 0 aromatic heterocycles.